The van der Waals surface area contributed by atoms with Crippen LogP contribution in [0.5, 0.6) is 0 Å². The van der Waals surface area contributed by atoms with Gasteiger partial charge in [0.05, 0.1) is 0 Å². The molecule has 3 aromatic carbocycles. The average Bonchev–Trinajstić information content (AvgIpc) is 2.59. The molecule has 0 aliphatic heterocycles. The van der Waals surface area contributed by atoms with E-state index in [9.17, 15) is 5.11 Å². The first-order valence-electron chi connectivity index (χ1n) is 7.88. The molecule has 0 aliphatic rings. The molecule has 1 atom stereocenters. The summed E-state index contributed by atoms with van der Waals surface area (Å²) >= 11 is 0. The molecule has 3 aromatic rings. The third-order valence-corrected chi connectivity index (χ3v) is 4.62. The first-order chi connectivity index (χ1) is 11.4. The Morgan fingerprint density at radius 2 is 1.42 bits per heavy atom. The van der Waals surface area contributed by atoms with E-state index in [2.05, 4.69) is 42.1 Å². The molecule has 1 nitrogen and oxygen atoms in total. The molecule has 1 unspecified atom stereocenters. The molecule has 0 saturated heterocycles. The van der Waals surface area contributed by atoms with Crippen LogP contribution < -0.4 is 0 Å². The van der Waals surface area contributed by atoms with Crippen molar-refractivity contribution in [2.24, 2.45) is 0 Å². The van der Waals surface area contributed by atoms with Gasteiger partial charge < -0.3 is 5.11 Å². The lowest BCUT2D eigenvalue weighted by Gasteiger charge is -2.26. The molecule has 3 rings (SSSR count). The summed E-state index contributed by atoms with van der Waals surface area (Å²) in [5.74, 6) is 3.20. The van der Waals surface area contributed by atoms with Crippen LogP contribution in [-0.4, -0.2) is 23.9 Å². The summed E-state index contributed by atoms with van der Waals surface area (Å²) in [5, 5.41) is 17.1. The minimum Gasteiger partial charge on any atom is -0.369 e. The summed E-state index contributed by atoms with van der Waals surface area (Å²) in [7, 11) is -1.05. The van der Waals surface area contributed by atoms with Crippen molar-refractivity contribution < 1.29 is 5.11 Å². The summed E-state index contributed by atoms with van der Waals surface area (Å²) in [6.07, 6.45) is 6.40. The van der Waals surface area contributed by atoms with E-state index in [0.717, 1.165) is 21.9 Å². The number of aliphatic hydroxyl groups is 1. The summed E-state index contributed by atoms with van der Waals surface area (Å²) in [6, 6.07) is 23.9. The quantitative estimate of drug-likeness (QED) is 0.672. The maximum absolute atomic E-state index is 11.7. The van der Waals surface area contributed by atoms with E-state index in [1.54, 1.807) is 0 Å². The molecule has 0 radical (unpaired) electrons. The number of hydrogen-bond acceptors (Lipinski definition) is 1. The SMILES string of the molecule is CS(C)(C)C#CC(O)(c1ccccc1)c1cccc2ccccc12. The molecule has 122 valence electrons. The fourth-order valence-corrected chi connectivity index (χ4v) is 3.20. The van der Waals surface area contributed by atoms with Gasteiger partial charge in [-0.3, -0.25) is 0 Å². The molecule has 0 heterocycles. The van der Waals surface area contributed by atoms with Gasteiger partial charge in [0, 0.05) is 11.1 Å². The zero-order chi connectivity index (χ0) is 17.2. The van der Waals surface area contributed by atoms with E-state index >= 15 is 0 Å². The van der Waals surface area contributed by atoms with Gasteiger partial charge in [0.2, 0.25) is 0 Å². The Bertz CT molecular complexity index is 908. The molecule has 0 bridgehead atoms. The zero-order valence-electron chi connectivity index (χ0n) is 14.3. The second-order valence-corrected chi connectivity index (χ2v) is 10.5. The highest BCUT2D eigenvalue weighted by Gasteiger charge is 2.31. The highest BCUT2D eigenvalue weighted by molar-refractivity contribution is 8.35. The van der Waals surface area contributed by atoms with Crippen LogP contribution in [0.25, 0.3) is 10.8 Å². The van der Waals surface area contributed by atoms with Crippen molar-refractivity contribution in [1.29, 1.82) is 0 Å². The third kappa shape index (κ3) is 3.33. The molecular formula is C22H22OS. The summed E-state index contributed by atoms with van der Waals surface area (Å²) in [5.41, 5.74) is 0.322. The van der Waals surface area contributed by atoms with Crippen molar-refractivity contribution in [3.8, 4) is 11.2 Å². The number of fused-ring (bicyclic) bond motifs is 1. The standard InChI is InChI=1S/C22H22OS/c1-24(2,3)17-16-22(23,19-12-5-4-6-13-19)21-15-9-11-18-10-7-8-14-20(18)21/h4-15,23H,1-3H3. The van der Waals surface area contributed by atoms with Crippen molar-refractivity contribution in [3.05, 3.63) is 83.9 Å². The molecular weight excluding hydrogens is 312 g/mol. The summed E-state index contributed by atoms with van der Waals surface area (Å²) in [6.45, 7) is 0. The Balaban J connectivity index is 2.30. The van der Waals surface area contributed by atoms with Gasteiger partial charge in [-0.25, -0.2) is 0 Å². The van der Waals surface area contributed by atoms with Gasteiger partial charge in [0.1, 0.15) is 0 Å². The van der Waals surface area contributed by atoms with Crippen LogP contribution in [0.3, 0.4) is 0 Å². The predicted molar refractivity (Wildman–Crippen MR) is 107 cm³/mol. The maximum Gasteiger partial charge on any atom is 0.178 e. The lowest BCUT2D eigenvalue weighted by molar-refractivity contribution is 0.147. The van der Waals surface area contributed by atoms with Gasteiger partial charge in [-0.05, 0) is 35.5 Å². The average molecular weight is 334 g/mol. The van der Waals surface area contributed by atoms with Crippen LogP contribution in [0.2, 0.25) is 0 Å². The van der Waals surface area contributed by atoms with Crippen LogP contribution in [0, 0.1) is 11.2 Å². The van der Waals surface area contributed by atoms with Gasteiger partial charge in [-0.15, -0.1) is 0 Å². The molecule has 24 heavy (non-hydrogen) atoms. The molecule has 0 amide bonds. The number of benzene rings is 3. The topological polar surface area (TPSA) is 20.2 Å². The molecule has 0 fully saturated rings. The Morgan fingerprint density at radius 3 is 2.12 bits per heavy atom. The van der Waals surface area contributed by atoms with E-state index in [0.29, 0.717) is 0 Å². The first-order valence-corrected chi connectivity index (χ1v) is 10.7. The Morgan fingerprint density at radius 1 is 0.792 bits per heavy atom. The van der Waals surface area contributed by atoms with E-state index in [4.69, 9.17) is 0 Å². The summed E-state index contributed by atoms with van der Waals surface area (Å²) in [4.78, 5) is 0. The van der Waals surface area contributed by atoms with E-state index in [1.807, 2.05) is 60.7 Å². The highest BCUT2D eigenvalue weighted by atomic mass is 32.3. The van der Waals surface area contributed by atoms with Crippen LogP contribution in [0.4, 0.5) is 0 Å². The van der Waals surface area contributed by atoms with Gasteiger partial charge in [0.25, 0.3) is 0 Å². The lowest BCUT2D eigenvalue weighted by Crippen LogP contribution is -2.25. The van der Waals surface area contributed by atoms with Crippen molar-refractivity contribution in [2.75, 3.05) is 18.8 Å². The molecule has 0 spiro atoms. The lowest BCUT2D eigenvalue weighted by atomic mass is 9.84. The van der Waals surface area contributed by atoms with Gasteiger partial charge in [0.15, 0.2) is 5.60 Å². The van der Waals surface area contributed by atoms with Crippen LogP contribution in [0.1, 0.15) is 11.1 Å². The van der Waals surface area contributed by atoms with E-state index < -0.39 is 15.6 Å². The van der Waals surface area contributed by atoms with Gasteiger partial charge in [-0.1, -0.05) is 78.0 Å². The van der Waals surface area contributed by atoms with Crippen LogP contribution in [-0.2, 0) is 5.60 Å². The molecule has 0 aromatic heterocycles. The number of rotatable bonds is 2. The number of hydrogen-bond donors (Lipinski definition) is 1. The van der Waals surface area contributed by atoms with Gasteiger partial charge >= 0.3 is 0 Å². The van der Waals surface area contributed by atoms with Crippen LogP contribution >= 0.6 is 10.0 Å². The minimum absolute atomic E-state index is 0.803. The minimum atomic E-state index is -1.32. The molecule has 0 saturated carbocycles. The van der Waals surface area contributed by atoms with Crippen molar-refractivity contribution in [3.63, 3.8) is 0 Å². The van der Waals surface area contributed by atoms with E-state index in [1.165, 1.54) is 0 Å². The Labute approximate surface area is 145 Å². The largest absolute Gasteiger partial charge is 0.369 e. The molecule has 1 N–H and O–H groups in total. The second kappa shape index (κ2) is 6.36. The zero-order valence-corrected chi connectivity index (χ0v) is 15.1. The first kappa shape index (κ1) is 16.6. The summed E-state index contributed by atoms with van der Waals surface area (Å²) < 4.78 is 0. The van der Waals surface area contributed by atoms with Crippen LogP contribution in [0.15, 0.2) is 72.8 Å². The third-order valence-electron chi connectivity index (χ3n) is 3.91. The van der Waals surface area contributed by atoms with Gasteiger partial charge in [-0.2, -0.15) is 10.0 Å². The second-order valence-electron chi connectivity index (χ2n) is 6.67. The highest BCUT2D eigenvalue weighted by Crippen LogP contribution is 2.37. The smallest absolute Gasteiger partial charge is 0.178 e. The van der Waals surface area contributed by atoms with Crippen molar-refractivity contribution in [1.82, 2.24) is 0 Å². The normalized spacial score (nSPS) is 14.5. The van der Waals surface area contributed by atoms with Crippen molar-refractivity contribution in [2.45, 2.75) is 5.60 Å². The molecule has 2 heteroatoms. The maximum atomic E-state index is 11.7. The Kier molecular flexibility index (Phi) is 4.41. The molecule has 0 aliphatic carbocycles. The van der Waals surface area contributed by atoms with Crippen molar-refractivity contribution >= 4 is 20.8 Å². The fourth-order valence-electron chi connectivity index (χ4n) is 2.74. The van der Waals surface area contributed by atoms with E-state index in [-0.39, 0.29) is 0 Å². The fraction of sp³-hybridized carbons (Fsp3) is 0.182. The monoisotopic (exact) mass is 334 g/mol. The predicted octanol–water partition coefficient (Wildman–Crippen LogP) is 4.73. The Hall–Kier alpha value is -2.21.